The van der Waals surface area contributed by atoms with Gasteiger partial charge < -0.3 is 55.0 Å². The summed E-state index contributed by atoms with van der Waals surface area (Å²) < 4.78 is 36.9. The Labute approximate surface area is 447 Å². The Morgan fingerprint density at radius 2 is 1.42 bits per heavy atom. The van der Waals surface area contributed by atoms with Gasteiger partial charge in [-0.05, 0) is 80.6 Å². The molecule has 6 N–H and O–H groups in total. The Balaban J connectivity index is 1.33. The third kappa shape index (κ3) is 11.9. The lowest BCUT2D eigenvalue weighted by Gasteiger charge is -2.67. The van der Waals surface area contributed by atoms with Crippen LogP contribution in [0.1, 0.15) is 132 Å². The third-order valence-corrected chi connectivity index (χ3v) is 16.0. The highest BCUT2D eigenvalue weighted by molar-refractivity contribution is 5.96. The van der Waals surface area contributed by atoms with E-state index in [-0.39, 0.29) is 60.5 Å². The number of hydrogen-bond donors (Lipinski definition) is 5. The van der Waals surface area contributed by atoms with Gasteiger partial charge in [0.1, 0.15) is 30.0 Å². The molecule has 1 aliphatic heterocycles. The van der Waals surface area contributed by atoms with Crippen LogP contribution < -0.4 is 16.4 Å². The molecule has 2 saturated carbocycles. The quantitative estimate of drug-likeness (QED) is 0.0402. The number of nitrogens with one attached hydrogen (secondary N) is 2. The van der Waals surface area contributed by atoms with Crippen molar-refractivity contribution >= 4 is 47.4 Å². The molecule has 19 nitrogen and oxygen atoms in total. The van der Waals surface area contributed by atoms with E-state index >= 15 is 9.59 Å². The van der Waals surface area contributed by atoms with Crippen LogP contribution in [0.4, 0.5) is 0 Å². The summed E-state index contributed by atoms with van der Waals surface area (Å²) in [5.41, 5.74) is -1.96. The second kappa shape index (κ2) is 24.3. The average molecular weight is 1070 g/mol. The lowest BCUT2D eigenvalue weighted by atomic mass is 9.44. The molecule has 2 bridgehead atoms. The molecule has 7 rings (SSSR count). The smallest absolute Gasteiger partial charge is 0.350 e. The van der Waals surface area contributed by atoms with E-state index in [1.165, 1.54) is 26.0 Å². The molecule has 19 heteroatoms. The first-order chi connectivity index (χ1) is 36.6. The van der Waals surface area contributed by atoms with Gasteiger partial charge in [0, 0.05) is 57.1 Å². The number of ketones is 1. The number of aliphatic hydroxyl groups is 2. The number of carbonyl (C=O) groups is 8. The topological polar surface area (TPSA) is 282 Å². The number of amides is 2. The van der Waals surface area contributed by atoms with Crippen molar-refractivity contribution in [1.29, 1.82) is 0 Å². The summed E-state index contributed by atoms with van der Waals surface area (Å²) in [6.45, 7) is 8.89. The summed E-state index contributed by atoms with van der Waals surface area (Å²) in [7, 11) is 0. The number of nitrogens with two attached hydrogens (primary N) is 1. The summed E-state index contributed by atoms with van der Waals surface area (Å²) in [6, 6.07) is 22.7. The van der Waals surface area contributed by atoms with Crippen LogP contribution in [-0.4, -0.2) is 125 Å². The summed E-state index contributed by atoms with van der Waals surface area (Å²) >= 11 is 0. The number of ether oxygens (including phenoxy) is 6. The predicted octanol–water partition coefficient (Wildman–Crippen LogP) is 5.09. The van der Waals surface area contributed by atoms with Crippen LogP contribution in [-0.2, 0) is 57.2 Å². The number of hydrogen-bond acceptors (Lipinski definition) is 17. The number of rotatable bonds is 21. The van der Waals surface area contributed by atoms with Crippen LogP contribution >= 0.6 is 0 Å². The number of carbonyl (C=O) groups excluding carboxylic acids is 8. The van der Waals surface area contributed by atoms with E-state index in [2.05, 4.69) is 10.6 Å². The molecule has 0 aromatic heterocycles. The van der Waals surface area contributed by atoms with Crippen LogP contribution in [0.3, 0.4) is 0 Å². The molecule has 3 aromatic carbocycles. The van der Waals surface area contributed by atoms with Crippen molar-refractivity contribution in [2.24, 2.45) is 22.5 Å². The van der Waals surface area contributed by atoms with Crippen LogP contribution in [0.2, 0.25) is 0 Å². The van der Waals surface area contributed by atoms with Gasteiger partial charge in [0.05, 0.1) is 29.6 Å². The first-order valence-electron chi connectivity index (χ1n) is 26.3. The van der Waals surface area contributed by atoms with Gasteiger partial charge in [-0.1, -0.05) is 93.4 Å². The molecule has 0 spiro atoms. The van der Waals surface area contributed by atoms with Gasteiger partial charge in [0.25, 0.3) is 5.91 Å². The molecule has 1 heterocycles. The van der Waals surface area contributed by atoms with E-state index < -0.39 is 119 Å². The van der Waals surface area contributed by atoms with Gasteiger partial charge in [-0.25, -0.2) is 9.59 Å². The van der Waals surface area contributed by atoms with Gasteiger partial charge in [0.2, 0.25) is 12.0 Å². The van der Waals surface area contributed by atoms with Crippen LogP contribution in [0.5, 0.6) is 0 Å². The molecule has 3 fully saturated rings. The summed E-state index contributed by atoms with van der Waals surface area (Å²) in [4.78, 5) is 113. The van der Waals surface area contributed by atoms with E-state index in [1.807, 2.05) is 0 Å². The standard InChI is InChI=1S/C58H71N3O16/c1-34-40(74-54(70)48(75-44(66)28-20-27-43(65)60-30-19-8-7-18-29-59)46(37-21-12-9-13-22-37)61-52(68)38-23-14-10-15-24-38)32-58(71)51(76-53(69)39-25-16-11-17-26-39)49-56(6,41(64)31-42-57(49,33-72-42)77-36(3)63)50(67)47(73-35(2)62)45(34)55(58,4)5/h9-17,21-26,40-42,46-49,51,64,71H,7-8,18-20,27-33,59H2,1-6H3,(H,60,65)(H,61,68)/t40?,41-,42+,46?,47+,48?,49?,51?,56+,57-,58+/m0/s1. The third-order valence-electron chi connectivity index (χ3n) is 16.0. The number of fused-ring (bicyclic) bond motifs is 5. The van der Waals surface area contributed by atoms with Crippen LogP contribution in [0, 0.1) is 16.7 Å². The van der Waals surface area contributed by atoms with E-state index in [0.717, 1.165) is 39.5 Å². The summed E-state index contributed by atoms with van der Waals surface area (Å²) in [5, 5.41) is 31.9. The fraction of sp³-hybridized carbons (Fsp3) is 0.517. The minimum Gasteiger partial charge on any atom is -0.455 e. The van der Waals surface area contributed by atoms with Gasteiger partial charge in [-0.15, -0.1) is 0 Å². The fourth-order valence-corrected chi connectivity index (χ4v) is 11.8. The maximum absolute atomic E-state index is 15.8. The Morgan fingerprint density at radius 1 is 0.792 bits per heavy atom. The van der Waals surface area contributed by atoms with Crippen molar-refractivity contribution < 1.29 is 77.0 Å². The molecule has 5 unspecified atom stereocenters. The zero-order valence-electron chi connectivity index (χ0n) is 44.5. The van der Waals surface area contributed by atoms with Gasteiger partial charge >= 0.3 is 29.8 Å². The SMILES string of the molecule is CC(=O)O[C@H]1C(=O)[C@@]2(C)C(C(OC(=O)c3ccccc3)[C@]3(O)CC(OC(=O)C(OC(=O)CCCC(=O)NCCCCCCN)C(NC(=O)c4ccccc4)c4ccccc4)C(C)=C1C3(C)C)[C@]1(OC(C)=O)CO[C@@H]1C[C@@H]2O. The van der Waals surface area contributed by atoms with Crippen molar-refractivity contribution in [3.8, 4) is 0 Å². The molecule has 1 saturated heterocycles. The van der Waals surface area contributed by atoms with Crippen molar-refractivity contribution in [3.05, 3.63) is 119 Å². The molecule has 77 heavy (non-hydrogen) atoms. The molecule has 3 aromatic rings. The van der Waals surface area contributed by atoms with Crippen LogP contribution in [0.15, 0.2) is 102 Å². The Morgan fingerprint density at radius 3 is 2.01 bits per heavy atom. The van der Waals surface area contributed by atoms with Crippen molar-refractivity contribution in [1.82, 2.24) is 10.6 Å². The minimum absolute atomic E-state index is 0.0338. The molecular formula is C58H71N3O16. The molecule has 11 atom stereocenters. The second-order valence-electron chi connectivity index (χ2n) is 21.2. The van der Waals surface area contributed by atoms with Crippen molar-refractivity contribution in [2.45, 2.75) is 153 Å². The minimum atomic E-state index is -2.48. The molecule has 4 aliphatic rings. The number of aliphatic hydroxyl groups excluding tert-OH is 1. The molecule has 414 valence electrons. The zero-order chi connectivity index (χ0) is 55.9. The highest BCUT2D eigenvalue weighted by Gasteiger charge is 2.78. The molecular weight excluding hydrogens is 995 g/mol. The lowest BCUT2D eigenvalue weighted by Crippen LogP contribution is -2.82. The normalized spacial score (nSPS) is 27.8. The number of unbranched alkanes of at least 4 members (excludes halogenated alkanes) is 3. The Hall–Kier alpha value is -6.80. The highest BCUT2D eigenvalue weighted by atomic mass is 16.6. The predicted molar refractivity (Wildman–Crippen MR) is 276 cm³/mol. The Kier molecular flexibility index (Phi) is 18.2. The number of esters is 5. The monoisotopic (exact) mass is 1070 g/mol. The van der Waals surface area contributed by atoms with E-state index in [9.17, 15) is 39.0 Å². The van der Waals surface area contributed by atoms with E-state index in [4.69, 9.17) is 34.2 Å². The van der Waals surface area contributed by atoms with Gasteiger partial charge in [0.15, 0.2) is 17.5 Å². The largest absolute Gasteiger partial charge is 0.455 e. The second-order valence-corrected chi connectivity index (χ2v) is 21.2. The maximum atomic E-state index is 15.8. The first kappa shape index (κ1) is 57.9. The number of Topliss-reactive ketones (excluding diaryl/α,β-unsaturated/α-hetero) is 1. The first-order valence-corrected chi connectivity index (χ1v) is 26.3. The number of benzene rings is 3. The van der Waals surface area contributed by atoms with Crippen LogP contribution in [0.25, 0.3) is 0 Å². The summed E-state index contributed by atoms with van der Waals surface area (Å²) in [5.74, 6) is -8.30. The zero-order valence-corrected chi connectivity index (χ0v) is 44.5. The highest BCUT2D eigenvalue weighted by Crippen LogP contribution is 2.64. The lowest BCUT2D eigenvalue weighted by molar-refractivity contribution is -0.346. The molecule has 3 aliphatic carbocycles. The molecule has 0 radical (unpaired) electrons. The fourth-order valence-electron chi connectivity index (χ4n) is 11.8. The van der Waals surface area contributed by atoms with Gasteiger partial charge in [-0.2, -0.15) is 0 Å². The summed E-state index contributed by atoms with van der Waals surface area (Å²) in [6.07, 6.45) is -7.75. The van der Waals surface area contributed by atoms with E-state index in [0.29, 0.717) is 18.7 Å². The van der Waals surface area contributed by atoms with Crippen molar-refractivity contribution in [2.75, 3.05) is 19.7 Å². The molecule has 2 amide bonds. The maximum Gasteiger partial charge on any atom is 0.350 e. The van der Waals surface area contributed by atoms with Gasteiger partial charge in [-0.3, -0.25) is 28.8 Å². The van der Waals surface area contributed by atoms with Crippen molar-refractivity contribution in [3.63, 3.8) is 0 Å². The average Bonchev–Trinajstić information content (AvgIpc) is 3.39. The Bertz CT molecular complexity index is 2700. The van der Waals surface area contributed by atoms with E-state index in [1.54, 1.807) is 92.7 Å².